The van der Waals surface area contributed by atoms with Crippen molar-refractivity contribution >= 4 is 10.0 Å². The van der Waals surface area contributed by atoms with E-state index in [4.69, 9.17) is 0 Å². The van der Waals surface area contributed by atoms with E-state index in [0.29, 0.717) is 12.6 Å². The summed E-state index contributed by atoms with van der Waals surface area (Å²) in [5.41, 5.74) is 0. The van der Waals surface area contributed by atoms with Crippen molar-refractivity contribution in [3.8, 4) is 0 Å². The fourth-order valence-electron chi connectivity index (χ4n) is 2.31. The van der Waals surface area contributed by atoms with Gasteiger partial charge >= 0.3 is 0 Å². The lowest BCUT2D eigenvalue weighted by atomic mass is 10.1. The molecule has 2 heterocycles. The molecule has 0 spiro atoms. The molecule has 102 valence electrons. The van der Waals surface area contributed by atoms with Crippen molar-refractivity contribution in [3.63, 3.8) is 0 Å². The zero-order chi connectivity index (χ0) is 13.2. The number of rotatable bonds is 5. The molecular weight excluding hydrogens is 252 g/mol. The molecule has 18 heavy (non-hydrogen) atoms. The number of aromatic nitrogens is 2. The van der Waals surface area contributed by atoms with Crippen LogP contribution in [-0.2, 0) is 17.1 Å². The SMILES string of the molecule is CN1CCC[C@@H]1CCNS(=O)(=O)c1cn(C)cn1. The Kier molecular flexibility index (Phi) is 4.04. The van der Waals surface area contributed by atoms with E-state index in [-0.39, 0.29) is 5.03 Å². The molecule has 0 amide bonds. The fraction of sp³-hybridized carbons (Fsp3) is 0.727. The fourth-order valence-corrected chi connectivity index (χ4v) is 3.33. The molecule has 1 fully saturated rings. The van der Waals surface area contributed by atoms with Crippen LogP contribution in [-0.4, -0.2) is 49.0 Å². The predicted octanol–water partition coefficient (Wildman–Crippen LogP) is 0.183. The molecule has 1 saturated heterocycles. The van der Waals surface area contributed by atoms with Crippen LogP contribution in [0.1, 0.15) is 19.3 Å². The second-order valence-electron chi connectivity index (χ2n) is 4.84. The maximum atomic E-state index is 11.9. The smallest absolute Gasteiger partial charge is 0.259 e. The van der Waals surface area contributed by atoms with E-state index in [9.17, 15) is 8.42 Å². The Morgan fingerprint density at radius 1 is 1.50 bits per heavy atom. The Balaban J connectivity index is 1.86. The van der Waals surface area contributed by atoms with Crippen LogP contribution >= 0.6 is 0 Å². The molecular formula is C11H20N4O2S. The standard InChI is InChI=1S/C11H20N4O2S/c1-14-8-11(12-9-14)18(16,17)13-6-5-10-4-3-7-15(10)2/h8-10,13H,3-7H2,1-2H3/t10-/m1/s1. The molecule has 1 aromatic rings. The Labute approximate surface area is 108 Å². The normalized spacial score (nSPS) is 21.6. The summed E-state index contributed by atoms with van der Waals surface area (Å²) >= 11 is 0. The van der Waals surface area contributed by atoms with Gasteiger partial charge in [-0.2, -0.15) is 0 Å². The van der Waals surface area contributed by atoms with Gasteiger partial charge in [0, 0.05) is 25.8 Å². The summed E-state index contributed by atoms with van der Waals surface area (Å²) in [5, 5.41) is 0.0878. The molecule has 1 aromatic heterocycles. The van der Waals surface area contributed by atoms with Crippen molar-refractivity contribution in [3.05, 3.63) is 12.5 Å². The van der Waals surface area contributed by atoms with Crippen molar-refractivity contribution in [1.29, 1.82) is 0 Å². The van der Waals surface area contributed by atoms with Crippen LogP contribution in [0.15, 0.2) is 17.6 Å². The van der Waals surface area contributed by atoms with Crippen LogP contribution in [0.4, 0.5) is 0 Å². The average molecular weight is 272 g/mol. The molecule has 0 unspecified atom stereocenters. The van der Waals surface area contributed by atoms with Crippen LogP contribution in [0.5, 0.6) is 0 Å². The van der Waals surface area contributed by atoms with Gasteiger partial charge in [0.2, 0.25) is 0 Å². The highest BCUT2D eigenvalue weighted by Crippen LogP contribution is 2.17. The second kappa shape index (κ2) is 5.38. The van der Waals surface area contributed by atoms with Gasteiger partial charge in [-0.1, -0.05) is 0 Å². The van der Waals surface area contributed by atoms with E-state index in [2.05, 4.69) is 21.7 Å². The van der Waals surface area contributed by atoms with E-state index in [1.54, 1.807) is 11.6 Å². The van der Waals surface area contributed by atoms with Gasteiger partial charge in [-0.25, -0.2) is 18.1 Å². The molecule has 6 nitrogen and oxygen atoms in total. The number of nitrogens with zero attached hydrogens (tertiary/aromatic N) is 3. The summed E-state index contributed by atoms with van der Waals surface area (Å²) in [4.78, 5) is 6.14. The van der Waals surface area contributed by atoms with Crippen molar-refractivity contribution < 1.29 is 8.42 Å². The molecule has 1 aliphatic rings. The largest absolute Gasteiger partial charge is 0.339 e. The van der Waals surface area contributed by atoms with Gasteiger partial charge in [0.15, 0.2) is 5.03 Å². The van der Waals surface area contributed by atoms with Gasteiger partial charge in [0.05, 0.1) is 6.33 Å². The monoisotopic (exact) mass is 272 g/mol. The summed E-state index contributed by atoms with van der Waals surface area (Å²) in [6, 6.07) is 0.497. The summed E-state index contributed by atoms with van der Waals surface area (Å²) in [6.07, 6.45) is 6.20. The number of nitrogens with one attached hydrogen (secondary N) is 1. The minimum Gasteiger partial charge on any atom is -0.339 e. The first kappa shape index (κ1) is 13.5. The van der Waals surface area contributed by atoms with Crippen LogP contribution in [0, 0.1) is 0 Å². The summed E-state index contributed by atoms with van der Waals surface area (Å²) in [7, 11) is 0.389. The molecule has 1 aliphatic heterocycles. The Morgan fingerprint density at radius 2 is 2.28 bits per heavy atom. The van der Waals surface area contributed by atoms with E-state index in [0.717, 1.165) is 19.4 Å². The Bertz CT molecular complexity index is 497. The number of hydrogen-bond acceptors (Lipinski definition) is 4. The molecule has 0 saturated carbocycles. The third-order valence-corrected chi connectivity index (χ3v) is 4.74. The lowest BCUT2D eigenvalue weighted by Gasteiger charge is -2.19. The quantitative estimate of drug-likeness (QED) is 0.830. The van der Waals surface area contributed by atoms with Crippen LogP contribution < -0.4 is 4.72 Å². The summed E-state index contributed by atoms with van der Waals surface area (Å²) in [5.74, 6) is 0. The Morgan fingerprint density at radius 3 is 2.83 bits per heavy atom. The first-order valence-electron chi connectivity index (χ1n) is 6.17. The summed E-state index contributed by atoms with van der Waals surface area (Å²) < 4.78 is 28.0. The molecule has 0 aromatic carbocycles. The zero-order valence-corrected chi connectivity index (χ0v) is 11.7. The number of hydrogen-bond donors (Lipinski definition) is 1. The molecule has 1 atom stereocenters. The Hall–Kier alpha value is -0.920. The van der Waals surface area contributed by atoms with Crippen LogP contribution in [0.3, 0.4) is 0 Å². The average Bonchev–Trinajstić information content (AvgIpc) is 2.89. The first-order chi connectivity index (χ1) is 8.49. The lowest BCUT2D eigenvalue weighted by molar-refractivity contribution is 0.297. The molecule has 2 rings (SSSR count). The number of imidazole rings is 1. The lowest BCUT2D eigenvalue weighted by Crippen LogP contribution is -2.32. The van der Waals surface area contributed by atoms with Gasteiger partial charge in [-0.05, 0) is 32.9 Å². The minimum atomic E-state index is -3.45. The van der Waals surface area contributed by atoms with Gasteiger partial charge < -0.3 is 9.47 Å². The van der Waals surface area contributed by atoms with Crippen molar-refractivity contribution in [2.75, 3.05) is 20.1 Å². The van der Waals surface area contributed by atoms with E-state index in [1.807, 2.05) is 0 Å². The number of aryl methyl sites for hydroxylation is 1. The van der Waals surface area contributed by atoms with Crippen LogP contribution in [0.2, 0.25) is 0 Å². The molecule has 0 aliphatic carbocycles. The van der Waals surface area contributed by atoms with Gasteiger partial charge in [0.1, 0.15) is 0 Å². The molecule has 0 radical (unpaired) electrons. The highest BCUT2D eigenvalue weighted by molar-refractivity contribution is 7.89. The van der Waals surface area contributed by atoms with E-state index < -0.39 is 10.0 Å². The first-order valence-corrected chi connectivity index (χ1v) is 7.65. The molecule has 7 heteroatoms. The minimum absolute atomic E-state index is 0.0878. The highest BCUT2D eigenvalue weighted by atomic mass is 32.2. The maximum Gasteiger partial charge on any atom is 0.259 e. The maximum absolute atomic E-state index is 11.9. The predicted molar refractivity (Wildman–Crippen MR) is 68.7 cm³/mol. The van der Waals surface area contributed by atoms with Gasteiger partial charge in [-0.3, -0.25) is 0 Å². The third kappa shape index (κ3) is 3.09. The van der Waals surface area contributed by atoms with E-state index in [1.165, 1.54) is 18.9 Å². The molecule has 1 N–H and O–H groups in total. The number of sulfonamides is 1. The topological polar surface area (TPSA) is 67.2 Å². The van der Waals surface area contributed by atoms with Crippen molar-refractivity contribution in [1.82, 2.24) is 19.2 Å². The highest BCUT2D eigenvalue weighted by Gasteiger charge is 2.22. The van der Waals surface area contributed by atoms with Crippen LogP contribution in [0.25, 0.3) is 0 Å². The summed E-state index contributed by atoms with van der Waals surface area (Å²) in [6.45, 7) is 1.57. The zero-order valence-electron chi connectivity index (χ0n) is 10.8. The number of likely N-dealkylation sites (tertiary alicyclic amines) is 1. The molecule has 0 bridgehead atoms. The second-order valence-corrected chi connectivity index (χ2v) is 6.55. The van der Waals surface area contributed by atoms with Crippen molar-refractivity contribution in [2.24, 2.45) is 7.05 Å². The van der Waals surface area contributed by atoms with Gasteiger partial charge in [-0.15, -0.1) is 0 Å². The van der Waals surface area contributed by atoms with E-state index >= 15 is 0 Å². The van der Waals surface area contributed by atoms with Gasteiger partial charge in [0.25, 0.3) is 10.0 Å². The van der Waals surface area contributed by atoms with Crippen molar-refractivity contribution in [2.45, 2.75) is 30.3 Å². The third-order valence-electron chi connectivity index (χ3n) is 3.40.